The number of amides is 1. The molecule has 29 heavy (non-hydrogen) atoms. The highest BCUT2D eigenvalue weighted by Crippen LogP contribution is 2.35. The molecule has 0 aliphatic carbocycles. The monoisotopic (exact) mass is 403 g/mol. The first-order chi connectivity index (χ1) is 13.8. The minimum Gasteiger partial charge on any atom is -0.405 e. The third-order valence-corrected chi connectivity index (χ3v) is 4.62. The molecule has 150 valence electrons. The van der Waals surface area contributed by atoms with Gasteiger partial charge in [-0.1, -0.05) is 35.0 Å². The molecule has 9 heteroatoms. The van der Waals surface area contributed by atoms with Gasteiger partial charge in [0.2, 0.25) is 5.91 Å². The number of ether oxygens (including phenoxy) is 1. The first-order valence-electron chi connectivity index (χ1n) is 8.86. The molecule has 1 fully saturated rings. The van der Waals surface area contributed by atoms with E-state index in [0.29, 0.717) is 6.54 Å². The molecule has 2 heterocycles. The highest BCUT2D eigenvalue weighted by atomic mass is 19.4. The molecule has 0 N–H and O–H groups in total. The topological polar surface area (TPSA) is 68.5 Å². The molecule has 3 aromatic rings. The van der Waals surface area contributed by atoms with Gasteiger partial charge in [-0.15, -0.1) is 13.2 Å². The number of nitrogens with zero attached hydrogens (tertiary/aromatic N) is 3. The molecule has 6 nitrogen and oxygen atoms in total. The van der Waals surface area contributed by atoms with Gasteiger partial charge in [0.05, 0.1) is 5.56 Å². The fraction of sp³-hybridized carbons (Fsp3) is 0.250. The summed E-state index contributed by atoms with van der Waals surface area (Å²) in [7, 11) is 0. The Balaban J connectivity index is 1.56. The van der Waals surface area contributed by atoms with Crippen LogP contribution in [0.15, 0.2) is 53.1 Å². The lowest BCUT2D eigenvalue weighted by Crippen LogP contribution is -2.24. The van der Waals surface area contributed by atoms with E-state index in [2.05, 4.69) is 14.9 Å². The van der Waals surface area contributed by atoms with Crippen LogP contribution in [0.1, 0.15) is 23.7 Å². The minimum absolute atomic E-state index is 0.0308. The van der Waals surface area contributed by atoms with E-state index in [-0.39, 0.29) is 35.5 Å². The summed E-state index contributed by atoms with van der Waals surface area (Å²) < 4.78 is 47.1. The number of carbonyl (C=O) groups excluding carboxylic acids is 1. The maximum Gasteiger partial charge on any atom is 0.573 e. The summed E-state index contributed by atoms with van der Waals surface area (Å²) in [5.74, 6) is -0.659. The van der Waals surface area contributed by atoms with Crippen LogP contribution in [0.4, 0.5) is 18.9 Å². The van der Waals surface area contributed by atoms with Crippen molar-refractivity contribution in [1.82, 2.24) is 10.1 Å². The van der Waals surface area contributed by atoms with Crippen molar-refractivity contribution in [2.75, 3.05) is 11.4 Å². The van der Waals surface area contributed by atoms with E-state index in [4.69, 9.17) is 4.52 Å². The number of hydrogen-bond donors (Lipinski definition) is 0. The number of rotatable bonds is 4. The van der Waals surface area contributed by atoms with Gasteiger partial charge >= 0.3 is 6.36 Å². The van der Waals surface area contributed by atoms with Crippen molar-refractivity contribution in [3.8, 4) is 17.2 Å². The van der Waals surface area contributed by atoms with Gasteiger partial charge in [-0.3, -0.25) is 4.79 Å². The average molecular weight is 403 g/mol. The number of benzene rings is 2. The summed E-state index contributed by atoms with van der Waals surface area (Å²) in [6.07, 6.45) is -4.65. The highest BCUT2D eigenvalue weighted by Gasteiger charge is 2.36. The van der Waals surface area contributed by atoms with Crippen molar-refractivity contribution in [2.45, 2.75) is 25.6 Å². The zero-order valence-corrected chi connectivity index (χ0v) is 15.3. The highest BCUT2D eigenvalue weighted by molar-refractivity contribution is 5.96. The summed E-state index contributed by atoms with van der Waals surface area (Å²) >= 11 is 0. The summed E-state index contributed by atoms with van der Waals surface area (Å²) in [5, 5.41) is 3.89. The Bertz CT molecular complexity index is 1030. The Labute approximate surface area is 163 Å². The van der Waals surface area contributed by atoms with Crippen molar-refractivity contribution < 1.29 is 27.2 Å². The SMILES string of the molecule is Cc1ccc(N2CC(c3noc(-c4ccccc4OC(F)(F)F)n3)CC2=O)cc1. The molecule has 1 aromatic heterocycles. The van der Waals surface area contributed by atoms with E-state index < -0.39 is 12.1 Å². The van der Waals surface area contributed by atoms with Gasteiger partial charge < -0.3 is 14.2 Å². The largest absolute Gasteiger partial charge is 0.573 e. The van der Waals surface area contributed by atoms with Gasteiger partial charge in [-0.05, 0) is 31.2 Å². The van der Waals surface area contributed by atoms with E-state index >= 15 is 0 Å². The number of para-hydroxylation sites is 1. The predicted octanol–water partition coefficient (Wildman–Crippen LogP) is 4.46. The molecular weight excluding hydrogens is 387 g/mol. The fourth-order valence-corrected chi connectivity index (χ4v) is 3.22. The van der Waals surface area contributed by atoms with Crippen molar-refractivity contribution in [1.29, 1.82) is 0 Å². The number of alkyl halides is 3. The molecule has 2 aromatic carbocycles. The fourth-order valence-electron chi connectivity index (χ4n) is 3.22. The standard InChI is InChI=1S/C20H16F3N3O3/c1-12-6-8-14(9-7-12)26-11-13(10-17(26)27)18-24-19(29-25-18)15-4-2-3-5-16(15)28-20(21,22)23/h2-9,13H,10-11H2,1H3. The molecule has 0 bridgehead atoms. The van der Waals surface area contributed by atoms with Gasteiger partial charge in [0.1, 0.15) is 5.75 Å². The lowest BCUT2D eigenvalue weighted by molar-refractivity contribution is -0.274. The summed E-state index contributed by atoms with van der Waals surface area (Å²) in [6.45, 7) is 2.32. The smallest absolute Gasteiger partial charge is 0.405 e. The van der Waals surface area contributed by atoms with E-state index in [9.17, 15) is 18.0 Å². The van der Waals surface area contributed by atoms with E-state index in [0.717, 1.165) is 11.3 Å². The molecule has 1 atom stereocenters. The second-order valence-electron chi connectivity index (χ2n) is 6.74. The molecule has 0 saturated carbocycles. The van der Waals surface area contributed by atoms with Gasteiger partial charge in [0, 0.05) is 24.6 Å². The lowest BCUT2D eigenvalue weighted by atomic mass is 10.1. The van der Waals surface area contributed by atoms with Crippen molar-refractivity contribution in [2.24, 2.45) is 0 Å². The van der Waals surface area contributed by atoms with Crippen LogP contribution in [0.2, 0.25) is 0 Å². The Morgan fingerprint density at radius 1 is 1.14 bits per heavy atom. The third-order valence-electron chi connectivity index (χ3n) is 4.62. The molecule has 1 amide bonds. The maximum atomic E-state index is 12.6. The molecule has 4 rings (SSSR count). The third kappa shape index (κ3) is 4.08. The van der Waals surface area contributed by atoms with Crippen LogP contribution in [0.3, 0.4) is 0 Å². The first-order valence-corrected chi connectivity index (χ1v) is 8.86. The van der Waals surface area contributed by atoms with Crippen LogP contribution in [-0.2, 0) is 4.79 Å². The molecule has 1 aliphatic rings. The lowest BCUT2D eigenvalue weighted by Gasteiger charge is -2.16. The van der Waals surface area contributed by atoms with Crippen LogP contribution < -0.4 is 9.64 Å². The average Bonchev–Trinajstić information content (AvgIpc) is 3.28. The second kappa shape index (κ2) is 7.23. The minimum atomic E-state index is -4.84. The number of anilines is 1. The molecule has 1 saturated heterocycles. The van der Waals surface area contributed by atoms with Crippen LogP contribution in [0, 0.1) is 6.92 Å². The van der Waals surface area contributed by atoms with Gasteiger partial charge in [0.15, 0.2) is 5.82 Å². The Morgan fingerprint density at radius 2 is 1.86 bits per heavy atom. The van der Waals surface area contributed by atoms with Gasteiger partial charge in [-0.25, -0.2) is 0 Å². The van der Waals surface area contributed by atoms with Crippen LogP contribution >= 0.6 is 0 Å². The molecule has 0 spiro atoms. The van der Waals surface area contributed by atoms with E-state index in [1.54, 1.807) is 11.0 Å². The molecule has 1 aliphatic heterocycles. The maximum absolute atomic E-state index is 12.6. The summed E-state index contributed by atoms with van der Waals surface area (Å²) in [4.78, 5) is 18.3. The van der Waals surface area contributed by atoms with Gasteiger partial charge in [-0.2, -0.15) is 4.98 Å². The van der Waals surface area contributed by atoms with Crippen molar-refractivity contribution in [3.63, 3.8) is 0 Å². The summed E-state index contributed by atoms with van der Waals surface area (Å²) in [6, 6.07) is 13.1. The molecule has 1 unspecified atom stereocenters. The zero-order chi connectivity index (χ0) is 20.6. The number of halogens is 3. The molecule has 0 radical (unpaired) electrons. The van der Waals surface area contributed by atoms with Crippen LogP contribution in [0.5, 0.6) is 5.75 Å². The van der Waals surface area contributed by atoms with Crippen molar-refractivity contribution in [3.05, 3.63) is 59.9 Å². The number of hydrogen-bond acceptors (Lipinski definition) is 5. The van der Waals surface area contributed by atoms with Gasteiger partial charge in [0.25, 0.3) is 5.89 Å². The first kappa shape index (κ1) is 19.0. The normalized spacial score (nSPS) is 17.0. The Kier molecular flexibility index (Phi) is 4.73. The quantitative estimate of drug-likeness (QED) is 0.643. The van der Waals surface area contributed by atoms with Crippen LogP contribution in [0.25, 0.3) is 11.5 Å². The predicted molar refractivity (Wildman–Crippen MR) is 97.3 cm³/mol. The zero-order valence-electron chi connectivity index (χ0n) is 15.3. The second-order valence-corrected chi connectivity index (χ2v) is 6.74. The van der Waals surface area contributed by atoms with Crippen LogP contribution in [-0.4, -0.2) is 29.0 Å². The van der Waals surface area contributed by atoms with E-state index in [1.807, 2.05) is 31.2 Å². The Hall–Kier alpha value is -3.36. The van der Waals surface area contributed by atoms with Crippen molar-refractivity contribution >= 4 is 11.6 Å². The Morgan fingerprint density at radius 3 is 2.59 bits per heavy atom. The van der Waals surface area contributed by atoms with E-state index in [1.165, 1.54) is 18.2 Å². The number of aryl methyl sites for hydroxylation is 1. The summed E-state index contributed by atoms with van der Waals surface area (Å²) in [5.41, 5.74) is 1.89. The molecular formula is C20H16F3N3O3. The number of carbonyl (C=O) groups is 1. The number of aromatic nitrogens is 2.